The van der Waals surface area contributed by atoms with Crippen LogP contribution in [0.3, 0.4) is 0 Å². The summed E-state index contributed by atoms with van der Waals surface area (Å²) in [5.74, 6) is -0.362. The van der Waals surface area contributed by atoms with E-state index in [1.165, 1.54) is 7.11 Å². The van der Waals surface area contributed by atoms with Crippen molar-refractivity contribution in [3.8, 4) is 0 Å². The van der Waals surface area contributed by atoms with E-state index in [0.29, 0.717) is 38.4 Å². The third-order valence-corrected chi connectivity index (χ3v) is 3.40. The molecule has 6 heteroatoms. The number of carbonyl (C=O) groups excluding carboxylic acids is 2. The van der Waals surface area contributed by atoms with E-state index in [4.69, 9.17) is 4.74 Å². The third-order valence-electron chi connectivity index (χ3n) is 3.40. The molecule has 1 fully saturated rings. The van der Waals surface area contributed by atoms with Crippen LogP contribution in [0, 0.1) is 0 Å². The zero-order chi connectivity index (χ0) is 15.2. The van der Waals surface area contributed by atoms with Gasteiger partial charge in [0, 0.05) is 26.7 Å². The van der Waals surface area contributed by atoms with Crippen LogP contribution < -0.4 is 0 Å². The zero-order valence-corrected chi connectivity index (χ0v) is 12.4. The van der Waals surface area contributed by atoms with Crippen molar-refractivity contribution in [3.63, 3.8) is 0 Å². The highest BCUT2D eigenvalue weighted by Crippen LogP contribution is 2.10. The van der Waals surface area contributed by atoms with E-state index in [2.05, 4.69) is 4.74 Å². The van der Waals surface area contributed by atoms with Gasteiger partial charge in [0.1, 0.15) is 0 Å². The number of rotatable bonds is 3. The van der Waals surface area contributed by atoms with Gasteiger partial charge in [0.25, 0.3) is 0 Å². The Hall–Kier alpha value is -2.08. The molecule has 114 valence electrons. The number of hydrogen-bond donors (Lipinski definition) is 0. The van der Waals surface area contributed by atoms with Crippen molar-refractivity contribution >= 4 is 12.0 Å². The molecule has 0 aliphatic carbocycles. The zero-order valence-electron chi connectivity index (χ0n) is 12.4. The molecule has 1 aromatic rings. The molecule has 1 heterocycles. The van der Waals surface area contributed by atoms with Gasteiger partial charge >= 0.3 is 12.0 Å². The molecule has 0 spiro atoms. The Morgan fingerprint density at radius 2 is 1.86 bits per heavy atom. The largest absolute Gasteiger partial charge is 0.465 e. The lowest BCUT2D eigenvalue weighted by Gasteiger charge is -2.31. The lowest BCUT2D eigenvalue weighted by molar-refractivity contribution is 0.0448. The van der Waals surface area contributed by atoms with Crippen LogP contribution in [0.15, 0.2) is 24.3 Å². The number of methoxy groups -OCH3 is 1. The van der Waals surface area contributed by atoms with Crippen LogP contribution in [0.2, 0.25) is 0 Å². The van der Waals surface area contributed by atoms with Gasteiger partial charge in [-0.15, -0.1) is 0 Å². The summed E-state index contributed by atoms with van der Waals surface area (Å²) in [5.41, 5.74) is 1.47. The molecule has 0 unspecified atom stereocenters. The van der Waals surface area contributed by atoms with E-state index in [0.717, 1.165) is 5.56 Å². The first-order valence-electron chi connectivity index (χ1n) is 6.87. The van der Waals surface area contributed by atoms with Gasteiger partial charge in [-0.05, 0) is 17.7 Å². The molecule has 2 amide bonds. The fourth-order valence-corrected chi connectivity index (χ4v) is 2.20. The van der Waals surface area contributed by atoms with Crippen LogP contribution in [0.5, 0.6) is 0 Å². The van der Waals surface area contributed by atoms with E-state index in [-0.39, 0.29) is 12.0 Å². The highest BCUT2D eigenvalue weighted by molar-refractivity contribution is 5.89. The fraction of sp³-hybridized carbons (Fsp3) is 0.467. The lowest BCUT2D eigenvalue weighted by atomic mass is 10.1. The summed E-state index contributed by atoms with van der Waals surface area (Å²) >= 11 is 0. The van der Waals surface area contributed by atoms with Crippen molar-refractivity contribution in [1.29, 1.82) is 0 Å². The summed E-state index contributed by atoms with van der Waals surface area (Å²) in [6.07, 6.45) is 0. The average Bonchev–Trinajstić information content (AvgIpc) is 2.55. The van der Waals surface area contributed by atoms with Gasteiger partial charge in [-0.2, -0.15) is 0 Å². The minimum absolute atomic E-state index is 0.00431. The molecule has 1 aromatic carbocycles. The first-order valence-corrected chi connectivity index (χ1v) is 6.87. The number of ether oxygens (including phenoxy) is 2. The van der Waals surface area contributed by atoms with Crippen molar-refractivity contribution in [1.82, 2.24) is 9.80 Å². The van der Waals surface area contributed by atoms with E-state index in [9.17, 15) is 9.59 Å². The molecule has 0 radical (unpaired) electrons. The summed E-state index contributed by atoms with van der Waals surface area (Å²) < 4.78 is 9.89. The number of benzene rings is 1. The fourth-order valence-electron chi connectivity index (χ4n) is 2.20. The SMILES string of the molecule is COC(=O)c1ccc(CN(C)C(=O)N2CCOCC2)cc1. The van der Waals surface area contributed by atoms with Crippen LogP contribution in [-0.2, 0) is 16.0 Å². The first-order chi connectivity index (χ1) is 10.1. The van der Waals surface area contributed by atoms with E-state index in [1.807, 2.05) is 12.1 Å². The molecule has 1 saturated heterocycles. The molecule has 1 aliphatic rings. The number of hydrogen-bond acceptors (Lipinski definition) is 4. The molecule has 0 bridgehead atoms. The van der Waals surface area contributed by atoms with Crippen LogP contribution in [0.1, 0.15) is 15.9 Å². The Morgan fingerprint density at radius 1 is 1.24 bits per heavy atom. The van der Waals surface area contributed by atoms with Crippen molar-refractivity contribution in [2.45, 2.75) is 6.54 Å². The predicted molar refractivity (Wildman–Crippen MR) is 77.0 cm³/mol. The second-order valence-corrected chi connectivity index (χ2v) is 4.93. The standard InChI is InChI=1S/C15H20N2O4/c1-16(15(19)17-7-9-21-10-8-17)11-12-3-5-13(6-4-12)14(18)20-2/h3-6H,7-11H2,1-2H3. The van der Waals surface area contributed by atoms with Crippen molar-refractivity contribution in [2.75, 3.05) is 40.5 Å². The number of morpholine rings is 1. The number of carbonyl (C=O) groups is 2. The van der Waals surface area contributed by atoms with Gasteiger partial charge in [0.15, 0.2) is 0 Å². The molecule has 0 N–H and O–H groups in total. The topological polar surface area (TPSA) is 59.1 Å². The van der Waals surface area contributed by atoms with Gasteiger partial charge in [0.05, 0.1) is 25.9 Å². The normalized spacial score (nSPS) is 14.7. The van der Waals surface area contributed by atoms with E-state index >= 15 is 0 Å². The maximum absolute atomic E-state index is 12.2. The molecule has 0 saturated carbocycles. The summed E-state index contributed by atoms with van der Waals surface area (Å²) in [6, 6.07) is 7.06. The average molecular weight is 292 g/mol. The van der Waals surface area contributed by atoms with Crippen LogP contribution >= 0.6 is 0 Å². The molecule has 0 aromatic heterocycles. The van der Waals surface area contributed by atoms with Crippen molar-refractivity contribution in [3.05, 3.63) is 35.4 Å². The Morgan fingerprint density at radius 3 is 2.43 bits per heavy atom. The second kappa shape index (κ2) is 7.08. The number of nitrogens with zero attached hydrogens (tertiary/aromatic N) is 2. The van der Waals surface area contributed by atoms with Gasteiger partial charge in [-0.25, -0.2) is 9.59 Å². The van der Waals surface area contributed by atoms with E-state index in [1.54, 1.807) is 29.0 Å². The van der Waals surface area contributed by atoms with Gasteiger partial charge in [-0.1, -0.05) is 12.1 Å². The lowest BCUT2D eigenvalue weighted by Crippen LogP contribution is -2.46. The van der Waals surface area contributed by atoms with Crippen LogP contribution in [-0.4, -0.2) is 62.3 Å². The number of urea groups is 1. The highest BCUT2D eigenvalue weighted by Gasteiger charge is 2.20. The Bertz CT molecular complexity index is 495. The monoisotopic (exact) mass is 292 g/mol. The maximum Gasteiger partial charge on any atom is 0.337 e. The van der Waals surface area contributed by atoms with Crippen molar-refractivity contribution in [2.24, 2.45) is 0 Å². The predicted octanol–water partition coefficient (Wildman–Crippen LogP) is 1.36. The summed E-state index contributed by atoms with van der Waals surface area (Å²) in [4.78, 5) is 27.1. The summed E-state index contributed by atoms with van der Waals surface area (Å²) in [5, 5.41) is 0. The number of esters is 1. The summed E-state index contributed by atoms with van der Waals surface area (Å²) in [6.45, 7) is 2.94. The molecule has 6 nitrogen and oxygen atoms in total. The molecule has 0 atom stereocenters. The van der Waals surface area contributed by atoms with Crippen LogP contribution in [0.4, 0.5) is 4.79 Å². The van der Waals surface area contributed by atoms with Crippen molar-refractivity contribution < 1.29 is 19.1 Å². The molecule has 21 heavy (non-hydrogen) atoms. The summed E-state index contributed by atoms with van der Waals surface area (Å²) in [7, 11) is 3.12. The smallest absolute Gasteiger partial charge is 0.337 e. The Labute approximate surface area is 124 Å². The number of amides is 2. The minimum Gasteiger partial charge on any atom is -0.465 e. The van der Waals surface area contributed by atoms with Gasteiger partial charge < -0.3 is 19.3 Å². The molecule has 2 rings (SSSR count). The first kappa shape index (κ1) is 15.3. The Balaban J connectivity index is 1.93. The Kier molecular flexibility index (Phi) is 5.16. The van der Waals surface area contributed by atoms with Gasteiger partial charge in [0.2, 0.25) is 0 Å². The minimum atomic E-state index is -0.362. The van der Waals surface area contributed by atoms with E-state index < -0.39 is 0 Å². The molecule has 1 aliphatic heterocycles. The quantitative estimate of drug-likeness (QED) is 0.789. The van der Waals surface area contributed by atoms with Gasteiger partial charge in [-0.3, -0.25) is 0 Å². The third kappa shape index (κ3) is 3.95. The molecular formula is C15H20N2O4. The second-order valence-electron chi connectivity index (χ2n) is 4.93. The maximum atomic E-state index is 12.2. The van der Waals surface area contributed by atoms with Crippen LogP contribution in [0.25, 0.3) is 0 Å². The highest BCUT2D eigenvalue weighted by atomic mass is 16.5. The molecular weight excluding hydrogens is 272 g/mol.